The van der Waals surface area contributed by atoms with E-state index in [0.717, 1.165) is 67.5 Å². The van der Waals surface area contributed by atoms with Crippen LogP contribution in [0.5, 0.6) is 5.75 Å². The lowest BCUT2D eigenvalue weighted by atomic mass is 9.82. The lowest BCUT2D eigenvalue weighted by Crippen LogP contribution is -2.44. The summed E-state index contributed by atoms with van der Waals surface area (Å²) in [4.78, 5) is 19.5. The molecule has 3 aromatic rings. The first-order valence-corrected chi connectivity index (χ1v) is 12.1. The molecule has 0 unspecified atom stereocenters. The van der Waals surface area contributed by atoms with Crippen LogP contribution in [0.25, 0.3) is 17.0 Å². The summed E-state index contributed by atoms with van der Waals surface area (Å²) in [6.07, 6.45) is 10.2. The number of nitrogens with zero attached hydrogens (tertiary/aromatic N) is 2. The van der Waals surface area contributed by atoms with Crippen molar-refractivity contribution in [3.63, 3.8) is 0 Å². The van der Waals surface area contributed by atoms with Crippen LogP contribution in [0.1, 0.15) is 30.4 Å². The van der Waals surface area contributed by atoms with Crippen molar-refractivity contribution in [3.05, 3.63) is 78.0 Å². The van der Waals surface area contributed by atoms with E-state index in [9.17, 15) is 4.79 Å². The van der Waals surface area contributed by atoms with Gasteiger partial charge in [-0.2, -0.15) is 0 Å². The van der Waals surface area contributed by atoms with Crippen molar-refractivity contribution in [3.8, 4) is 5.75 Å². The molecule has 2 heterocycles. The molecular weight excluding hydrogens is 424 g/mol. The number of likely N-dealkylation sites (tertiary alicyclic amines) is 1. The first-order valence-electron chi connectivity index (χ1n) is 12.1. The van der Waals surface area contributed by atoms with Crippen molar-refractivity contribution in [1.82, 2.24) is 9.88 Å². The van der Waals surface area contributed by atoms with Gasteiger partial charge >= 0.3 is 5.97 Å². The van der Waals surface area contributed by atoms with Crippen molar-refractivity contribution in [1.29, 1.82) is 0 Å². The van der Waals surface area contributed by atoms with Crippen LogP contribution in [-0.2, 0) is 16.0 Å². The molecule has 0 N–H and O–H groups in total. The van der Waals surface area contributed by atoms with Crippen LogP contribution in [0.2, 0.25) is 0 Å². The normalized spacial score (nSPS) is 18.9. The first-order chi connectivity index (χ1) is 16.7. The third-order valence-electron chi connectivity index (χ3n) is 6.85. The number of carbonyl (C=O) groups is 1. The fourth-order valence-electron chi connectivity index (χ4n) is 4.91. The van der Waals surface area contributed by atoms with Crippen molar-refractivity contribution in [2.24, 2.45) is 11.8 Å². The van der Waals surface area contributed by atoms with Crippen LogP contribution in [0.15, 0.2) is 66.9 Å². The second-order valence-electron chi connectivity index (χ2n) is 8.99. The van der Waals surface area contributed by atoms with E-state index in [4.69, 9.17) is 9.47 Å². The fraction of sp³-hybridized carbons (Fsp3) is 0.379. The zero-order valence-corrected chi connectivity index (χ0v) is 20.2. The Morgan fingerprint density at radius 2 is 2.00 bits per heavy atom. The van der Waals surface area contributed by atoms with Gasteiger partial charge in [-0.15, -0.1) is 0 Å². The topological polar surface area (TPSA) is 51.7 Å². The fourth-order valence-corrected chi connectivity index (χ4v) is 4.91. The lowest BCUT2D eigenvalue weighted by Gasteiger charge is -2.36. The third kappa shape index (κ3) is 6.03. The smallest absolute Gasteiger partial charge is 0.310 e. The van der Waals surface area contributed by atoms with E-state index in [0.29, 0.717) is 0 Å². The Balaban J connectivity index is 1.37. The molecule has 1 aliphatic heterocycles. The maximum atomic E-state index is 12.6. The number of aromatic nitrogens is 1. The minimum atomic E-state index is -0.0924. The van der Waals surface area contributed by atoms with Gasteiger partial charge in [0.25, 0.3) is 0 Å². The predicted octanol–water partition coefficient (Wildman–Crippen LogP) is 5.39. The van der Waals surface area contributed by atoms with E-state index in [2.05, 4.69) is 52.4 Å². The average molecular weight is 459 g/mol. The van der Waals surface area contributed by atoms with Crippen molar-refractivity contribution >= 4 is 22.9 Å². The summed E-state index contributed by atoms with van der Waals surface area (Å²) in [5.41, 5.74) is 3.42. The van der Waals surface area contributed by atoms with Crippen LogP contribution in [-0.4, -0.2) is 49.7 Å². The molecule has 1 aromatic heterocycles. The summed E-state index contributed by atoms with van der Waals surface area (Å²) in [5.74, 6) is 0.928. The lowest BCUT2D eigenvalue weighted by molar-refractivity contribution is -0.149. The van der Waals surface area contributed by atoms with Crippen LogP contribution in [0, 0.1) is 11.8 Å². The van der Waals surface area contributed by atoms with Gasteiger partial charge in [0.1, 0.15) is 5.75 Å². The Morgan fingerprint density at radius 3 is 2.79 bits per heavy atom. The molecule has 0 saturated carbocycles. The van der Waals surface area contributed by atoms with Gasteiger partial charge in [0, 0.05) is 18.1 Å². The van der Waals surface area contributed by atoms with Gasteiger partial charge in [0.05, 0.1) is 25.7 Å². The molecule has 4 rings (SSSR count). The molecule has 2 aromatic carbocycles. The molecule has 0 aliphatic carbocycles. The standard InChI is InChI=1S/C29H34N2O3/c1-33-25-13-14-28-26(20-25)23(15-17-30-28)11-6-12-24-16-19-31(21-27(24)29(32)34-2)18-7-10-22-8-4-3-5-9-22/h3-6,8-9,11,13-15,17,20,24,27H,7,10,12,16,18-19,21H2,1-2H3/t24-,27+/m1/s1. The molecule has 1 saturated heterocycles. The Kier molecular flexibility index (Phi) is 8.31. The number of fused-ring (bicyclic) bond motifs is 1. The maximum absolute atomic E-state index is 12.6. The predicted molar refractivity (Wildman–Crippen MR) is 137 cm³/mol. The zero-order chi connectivity index (χ0) is 23.8. The molecule has 1 aliphatic rings. The molecule has 0 bridgehead atoms. The van der Waals surface area contributed by atoms with E-state index in [1.807, 2.05) is 30.5 Å². The molecule has 2 atom stereocenters. The highest BCUT2D eigenvalue weighted by Gasteiger charge is 2.34. The minimum Gasteiger partial charge on any atom is -0.497 e. The number of rotatable bonds is 9. The van der Waals surface area contributed by atoms with Crippen LogP contribution in [0.3, 0.4) is 0 Å². The average Bonchev–Trinajstić information content (AvgIpc) is 2.89. The first kappa shape index (κ1) is 24.0. The Bertz CT molecular complexity index is 1110. The maximum Gasteiger partial charge on any atom is 0.310 e. The van der Waals surface area contributed by atoms with E-state index < -0.39 is 0 Å². The molecular formula is C29H34N2O3. The summed E-state index contributed by atoms with van der Waals surface area (Å²) in [6.45, 7) is 2.81. The molecule has 178 valence electrons. The number of hydrogen-bond donors (Lipinski definition) is 0. The van der Waals surface area contributed by atoms with Crippen LogP contribution < -0.4 is 4.74 Å². The Morgan fingerprint density at radius 1 is 1.15 bits per heavy atom. The largest absolute Gasteiger partial charge is 0.497 e. The number of benzene rings is 2. The van der Waals surface area contributed by atoms with Gasteiger partial charge in [-0.3, -0.25) is 9.78 Å². The second-order valence-corrected chi connectivity index (χ2v) is 8.99. The number of pyridine rings is 1. The third-order valence-corrected chi connectivity index (χ3v) is 6.85. The number of carbonyl (C=O) groups excluding carboxylic acids is 1. The molecule has 0 spiro atoms. The van der Waals surface area contributed by atoms with Gasteiger partial charge in [-0.1, -0.05) is 42.5 Å². The summed E-state index contributed by atoms with van der Waals surface area (Å²) >= 11 is 0. The van der Waals surface area contributed by atoms with Crippen molar-refractivity contribution in [2.45, 2.75) is 25.7 Å². The SMILES string of the molecule is COC(=O)[C@H]1CN(CCCc2ccccc2)CC[C@H]1CC=Cc1ccnc2ccc(OC)cc12. The van der Waals surface area contributed by atoms with Gasteiger partial charge < -0.3 is 14.4 Å². The number of hydrogen-bond acceptors (Lipinski definition) is 5. The molecule has 34 heavy (non-hydrogen) atoms. The van der Waals surface area contributed by atoms with Crippen molar-refractivity contribution in [2.75, 3.05) is 33.9 Å². The summed E-state index contributed by atoms with van der Waals surface area (Å²) < 4.78 is 10.6. The number of aryl methyl sites for hydroxylation is 1. The van der Waals surface area contributed by atoms with E-state index in [1.165, 1.54) is 12.7 Å². The number of esters is 1. The van der Waals surface area contributed by atoms with Crippen molar-refractivity contribution < 1.29 is 14.3 Å². The highest BCUT2D eigenvalue weighted by atomic mass is 16.5. The van der Waals surface area contributed by atoms with Gasteiger partial charge in [-0.25, -0.2) is 0 Å². The van der Waals surface area contributed by atoms with Gasteiger partial charge in [0.15, 0.2) is 0 Å². The Hall–Kier alpha value is -3.18. The quantitative estimate of drug-likeness (QED) is 0.403. The molecule has 1 fully saturated rings. The monoisotopic (exact) mass is 458 g/mol. The second kappa shape index (κ2) is 11.8. The van der Waals surface area contributed by atoms with E-state index in [1.54, 1.807) is 7.11 Å². The van der Waals surface area contributed by atoms with E-state index in [-0.39, 0.29) is 17.8 Å². The minimum absolute atomic E-state index is 0.0885. The molecule has 5 nitrogen and oxygen atoms in total. The summed E-state index contributed by atoms with van der Waals surface area (Å²) in [7, 11) is 3.17. The molecule has 0 amide bonds. The number of piperidine rings is 1. The summed E-state index contributed by atoms with van der Waals surface area (Å²) in [5, 5.41) is 1.07. The molecule has 5 heteroatoms. The zero-order valence-electron chi connectivity index (χ0n) is 20.2. The number of ether oxygens (including phenoxy) is 2. The number of methoxy groups -OCH3 is 2. The van der Waals surface area contributed by atoms with Gasteiger partial charge in [-0.05, 0) is 80.1 Å². The Labute approximate surface area is 202 Å². The number of allylic oxidation sites excluding steroid dienone is 1. The molecule has 0 radical (unpaired) electrons. The highest BCUT2D eigenvalue weighted by Crippen LogP contribution is 2.29. The van der Waals surface area contributed by atoms with E-state index >= 15 is 0 Å². The van der Waals surface area contributed by atoms with Crippen LogP contribution in [0.4, 0.5) is 0 Å². The highest BCUT2D eigenvalue weighted by molar-refractivity contribution is 5.88. The van der Waals surface area contributed by atoms with Crippen LogP contribution >= 0.6 is 0 Å². The van der Waals surface area contributed by atoms with Gasteiger partial charge in [0.2, 0.25) is 0 Å². The summed E-state index contributed by atoms with van der Waals surface area (Å²) in [6, 6.07) is 18.5.